The molecule has 31 heavy (non-hydrogen) atoms. The number of aryl methyl sites for hydroxylation is 4. The lowest BCUT2D eigenvalue weighted by atomic mass is 10.1. The van der Waals surface area contributed by atoms with Crippen molar-refractivity contribution < 1.29 is 14.3 Å². The van der Waals surface area contributed by atoms with Gasteiger partial charge < -0.3 is 19.4 Å². The van der Waals surface area contributed by atoms with Gasteiger partial charge in [0.25, 0.3) is 0 Å². The summed E-state index contributed by atoms with van der Waals surface area (Å²) in [6, 6.07) is 14.6. The number of hydrogen-bond acceptors (Lipinski definition) is 4. The third kappa shape index (κ3) is 6.56. The topological polar surface area (TPSA) is 65.4 Å². The lowest BCUT2D eigenvalue weighted by molar-refractivity contribution is -0.124. The second-order valence-electron chi connectivity index (χ2n) is 7.88. The Kier molecular flexibility index (Phi) is 8.47. The quantitative estimate of drug-likeness (QED) is 0.443. The maximum atomic E-state index is 11.5. The number of imidazole rings is 1. The molecule has 1 heterocycles. The number of carbonyl (C=O) groups excluding carboxylic acids is 1. The highest BCUT2D eigenvalue weighted by atomic mass is 16.5. The smallest absolute Gasteiger partial charge is 0.245 e. The first kappa shape index (κ1) is 22.8. The standard InChI is InChI=1S/C25H33N3O3/c1-19-12-13-20(2)23(17-19)31-16-7-6-15-28-22-10-5-4-9-21(22)27-24(28)11-8-14-26-25(29)18-30-3/h4-5,9-10,12-13,17H,6-8,11,14-16,18H2,1-3H3,(H,26,29). The average Bonchev–Trinajstić information content (AvgIpc) is 3.11. The van der Waals surface area contributed by atoms with E-state index in [-0.39, 0.29) is 12.5 Å². The Hall–Kier alpha value is -2.86. The largest absolute Gasteiger partial charge is 0.493 e. The minimum absolute atomic E-state index is 0.0835. The maximum absolute atomic E-state index is 11.5. The Labute approximate surface area is 184 Å². The molecule has 0 aliphatic rings. The van der Waals surface area contributed by atoms with Crippen molar-refractivity contribution in [2.45, 2.75) is 46.1 Å². The summed E-state index contributed by atoms with van der Waals surface area (Å²) in [7, 11) is 1.52. The van der Waals surface area contributed by atoms with Crippen LogP contribution in [0.15, 0.2) is 42.5 Å². The molecule has 2 aromatic carbocycles. The van der Waals surface area contributed by atoms with Gasteiger partial charge in [-0.3, -0.25) is 4.79 Å². The number of nitrogens with one attached hydrogen (secondary N) is 1. The van der Waals surface area contributed by atoms with Crippen LogP contribution in [-0.4, -0.2) is 42.3 Å². The van der Waals surface area contributed by atoms with Crippen molar-refractivity contribution in [3.63, 3.8) is 0 Å². The van der Waals surface area contributed by atoms with Gasteiger partial charge in [0.05, 0.1) is 17.6 Å². The Morgan fingerprint density at radius 2 is 1.94 bits per heavy atom. The Morgan fingerprint density at radius 3 is 2.77 bits per heavy atom. The number of fused-ring (bicyclic) bond motifs is 1. The van der Waals surface area contributed by atoms with E-state index in [1.165, 1.54) is 18.2 Å². The Morgan fingerprint density at radius 1 is 1.10 bits per heavy atom. The number of carbonyl (C=O) groups is 1. The van der Waals surface area contributed by atoms with Crippen molar-refractivity contribution in [3.05, 3.63) is 59.4 Å². The van der Waals surface area contributed by atoms with Gasteiger partial charge in [-0.05, 0) is 62.4 Å². The number of hydrogen-bond donors (Lipinski definition) is 1. The zero-order valence-electron chi connectivity index (χ0n) is 18.8. The highest BCUT2D eigenvalue weighted by molar-refractivity contribution is 5.77. The lowest BCUT2D eigenvalue weighted by Crippen LogP contribution is -2.28. The molecule has 0 fully saturated rings. The maximum Gasteiger partial charge on any atom is 0.245 e. The van der Waals surface area contributed by atoms with Crippen LogP contribution in [0.25, 0.3) is 11.0 Å². The molecule has 0 atom stereocenters. The van der Waals surface area contributed by atoms with Gasteiger partial charge in [0.2, 0.25) is 5.91 Å². The summed E-state index contributed by atoms with van der Waals surface area (Å²) in [5.74, 6) is 1.96. The van der Waals surface area contributed by atoms with E-state index in [0.29, 0.717) is 13.2 Å². The third-order valence-electron chi connectivity index (χ3n) is 5.29. The molecule has 0 spiro atoms. The third-order valence-corrected chi connectivity index (χ3v) is 5.29. The van der Waals surface area contributed by atoms with Crippen LogP contribution in [0, 0.1) is 13.8 Å². The summed E-state index contributed by atoms with van der Waals surface area (Å²) in [6.07, 6.45) is 3.66. The van der Waals surface area contributed by atoms with Crippen molar-refractivity contribution in [2.75, 3.05) is 26.9 Å². The van der Waals surface area contributed by atoms with Gasteiger partial charge in [0.15, 0.2) is 0 Å². The molecular formula is C25H33N3O3. The number of unbranched alkanes of at least 4 members (excludes halogenated alkanes) is 1. The zero-order chi connectivity index (χ0) is 22.1. The molecule has 0 aliphatic carbocycles. The van der Waals surface area contributed by atoms with E-state index in [1.807, 2.05) is 6.07 Å². The molecule has 6 heteroatoms. The minimum Gasteiger partial charge on any atom is -0.493 e. The summed E-state index contributed by atoms with van der Waals surface area (Å²) in [5.41, 5.74) is 4.57. The molecule has 0 aliphatic heterocycles. The molecule has 1 N–H and O–H groups in total. The lowest BCUT2D eigenvalue weighted by Gasteiger charge is -2.12. The monoisotopic (exact) mass is 423 g/mol. The van der Waals surface area contributed by atoms with Crippen LogP contribution in [0.5, 0.6) is 5.75 Å². The molecule has 0 unspecified atom stereocenters. The Balaban J connectivity index is 1.53. The zero-order valence-corrected chi connectivity index (χ0v) is 18.8. The van der Waals surface area contributed by atoms with E-state index in [0.717, 1.165) is 54.8 Å². The van der Waals surface area contributed by atoms with Crippen LogP contribution in [0.3, 0.4) is 0 Å². The van der Waals surface area contributed by atoms with E-state index in [9.17, 15) is 4.79 Å². The van der Waals surface area contributed by atoms with Crippen LogP contribution in [0.2, 0.25) is 0 Å². The molecule has 3 rings (SSSR count). The van der Waals surface area contributed by atoms with Crippen molar-refractivity contribution in [1.29, 1.82) is 0 Å². The number of aromatic nitrogens is 2. The van der Waals surface area contributed by atoms with Gasteiger partial charge in [-0.1, -0.05) is 24.3 Å². The SMILES string of the molecule is COCC(=O)NCCCc1nc2ccccc2n1CCCCOc1cc(C)ccc1C. The normalized spacial score (nSPS) is 11.1. The first-order valence-corrected chi connectivity index (χ1v) is 11.0. The van der Waals surface area contributed by atoms with Crippen molar-refractivity contribution in [2.24, 2.45) is 0 Å². The molecule has 1 aromatic heterocycles. The summed E-state index contributed by atoms with van der Waals surface area (Å²) in [6.45, 7) is 6.49. The van der Waals surface area contributed by atoms with Gasteiger partial charge in [0.1, 0.15) is 18.2 Å². The van der Waals surface area contributed by atoms with Gasteiger partial charge in [-0.15, -0.1) is 0 Å². The molecule has 0 radical (unpaired) electrons. The van der Waals surface area contributed by atoms with Crippen LogP contribution in [0.4, 0.5) is 0 Å². The number of nitrogens with zero attached hydrogens (tertiary/aromatic N) is 2. The highest BCUT2D eigenvalue weighted by Crippen LogP contribution is 2.20. The highest BCUT2D eigenvalue weighted by Gasteiger charge is 2.10. The predicted molar refractivity (Wildman–Crippen MR) is 124 cm³/mol. The Bertz CT molecular complexity index is 997. The van der Waals surface area contributed by atoms with E-state index in [1.54, 1.807) is 0 Å². The molecule has 1 amide bonds. The van der Waals surface area contributed by atoms with Crippen molar-refractivity contribution in [3.8, 4) is 5.75 Å². The van der Waals surface area contributed by atoms with E-state index in [2.05, 4.69) is 60.1 Å². The number of amides is 1. The van der Waals surface area contributed by atoms with Gasteiger partial charge in [0, 0.05) is 26.6 Å². The van der Waals surface area contributed by atoms with Crippen LogP contribution >= 0.6 is 0 Å². The number of ether oxygens (including phenoxy) is 2. The number of benzene rings is 2. The fraction of sp³-hybridized carbons (Fsp3) is 0.440. The first-order valence-electron chi connectivity index (χ1n) is 11.0. The van der Waals surface area contributed by atoms with Gasteiger partial charge >= 0.3 is 0 Å². The van der Waals surface area contributed by atoms with Gasteiger partial charge in [-0.25, -0.2) is 4.98 Å². The molecule has 3 aromatic rings. The number of methoxy groups -OCH3 is 1. The summed E-state index contributed by atoms with van der Waals surface area (Å²) in [4.78, 5) is 16.4. The average molecular weight is 424 g/mol. The van der Waals surface area contributed by atoms with Crippen molar-refractivity contribution >= 4 is 16.9 Å². The van der Waals surface area contributed by atoms with Crippen LogP contribution < -0.4 is 10.1 Å². The van der Waals surface area contributed by atoms with Crippen molar-refractivity contribution in [1.82, 2.24) is 14.9 Å². The second kappa shape index (κ2) is 11.5. The molecule has 0 saturated carbocycles. The van der Waals surface area contributed by atoms with Crippen LogP contribution in [0.1, 0.15) is 36.2 Å². The molecule has 6 nitrogen and oxygen atoms in total. The van der Waals surface area contributed by atoms with E-state index < -0.39 is 0 Å². The fourth-order valence-corrected chi connectivity index (χ4v) is 3.64. The molecule has 0 saturated heterocycles. The number of rotatable bonds is 12. The summed E-state index contributed by atoms with van der Waals surface area (Å²) in [5, 5.41) is 2.87. The first-order chi connectivity index (χ1) is 15.1. The van der Waals surface area contributed by atoms with E-state index in [4.69, 9.17) is 14.5 Å². The predicted octanol–water partition coefficient (Wildman–Crippen LogP) is 4.21. The van der Waals surface area contributed by atoms with Crippen LogP contribution in [-0.2, 0) is 22.5 Å². The molecule has 166 valence electrons. The number of para-hydroxylation sites is 2. The molecular weight excluding hydrogens is 390 g/mol. The fourth-order valence-electron chi connectivity index (χ4n) is 3.64. The second-order valence-corrected chi connectivity index (χ2v) is 7.88. The molecule has 0 bridgehead atoms. The summed E-state index contributed by atoms with van der Waals surface area (Å²) >= 11 is 0. The van der Waals surface area contributed by atoms with Gasteiger partial charge in [-0.2, -0.15) is 0 Å². The summed E-state index contributed by atoms with van der Waals surface area (Å²) < 4.78 is 13.2. The minimum atomic E-state index is -0.0835. The van der Waals surface area contributed by atoms with E-state index >= 15 is 0 Å².